The highest BCUT2D eigenvalue weighted by Crippen LogP contribution is 2.29. The van der Waals surface area contributed by atoms with Crippen LogP contribution in [0.5, 0.6) is 0 Å². The molecular weight excluding hydrogens is 337 g/mol. The lowest BCUT2D eigenvalue weighted by Crippen LogP contribution is -2.26. The maximum Gasteiger partial charge on any atom is 0.270 e. The zero-order valence-electron chi connectivity index (χ0n) is 12.0. The number of aromatic nitrogens is 1. The molecule has 0 spiro atoms. The summed E-state index contributed by atoms with van der Waals surface area (Å²) < 4.78 is 0. The summed E-state index contributed by atoms with van der Waals surface area (Å²) in [4.78, 5) is 28.3. The first-order valence-electron chi connectivity index (χ1n) is 7.07. The van der Waals surface area contributed by atoms with E-state index in [0.29, 0.717) is 16.3 Å². The van der Waals surface area contributed by atoms with E-state index >= 15 is 0 Å². The Morgan fingerprint density at radius 1 is 1.13 bits per heavy atom. The zero-order chi connectivity index (χ0) is 16.4. The molecule has 1 saturated carbocycles. The van der Waals surface area contributed by atoms with Gasteiger partial charge in [-0.2, -0.15) is 0 Å². The van der Waals surface area contributed by atoms with Gasteiger partial charge in [0.05, 0.1) is 15.7 Å². The number of carbonyl (C=O) groups is 2. The number of rotatable bonds is 4. The third kappa shape index (κ3) is 3.81. The monoisotopic (exact) mass is 349 g/mol. The van der Waals surface area contributed by atoms with Gasteiger partial charge in [-0.1, -0.05) is 29.3 Å². The number of pyridine rings is 1. The lowest BCUT2D eigenvalue weighted by molar-refractivity contribution is 0.0946. The van der Waals surface area contributed by atoms with Gasteiger partial charge in [0.15, 0.2) is 0 Å². The van der Waals surface area contributed by atoms with Crippen molar-refractivity contribution in [1.82, 2.24) is 10.3 Å². The quantitative estimate of drug-likeness (QED) is 0.886. The number of halogens is 2. The minimum absolute atomic E-state index is 0.210. The first kappa shape index (κ1) is 15.8. The fourth-order valence-electron chi connectivity index (χ4n) is 1.98. The van der Waals surface area contributed by atoms with Crippen LogP contribution in [0.3, 0.4) is 0 Å². The largest absolute Gasteiger partial charge is 0.348 e. The number of nitrogens with one attached hydrogen (secondary N) is 2. The van der Waals surface area contributed by atoms with Crippen molar-refractivity contribution >= 4 is 40.7 Å². The first-order chi connectivity index (χ1) is 11.0. The number of carbonyl (C=O) groups excluding carboxylic acids is 2. The van der Waals surface area contributed by atoms with Crippen LogP contribution in [-0.4, -0.2) is 22.8 Å². The second kappa shape index (κ2) is 6.56. The molecule has 2 N–H and O–H groups in total. The molecule has 1 fully saturated rings. The van der Waals surface area contributed by atoms with Gasteiger partial charge < -0.3 is 10.6 Å². The molecular formula is C16H13Cl2N3O2. The maximum atomic E-state index is 12.3. The van der Waals surface area contributed by atoms with E-state index in [-0.39, 0.29) is 22.7 Å². The molecule has 0 unspecified atom stereocenters. The normalized spacial score (nSPS) is 13.5. The Kier molecular flexibility index (Phi) is 4.50. The van der Waals surface area contributed by atoms with Crippen LogP contribution in [0, 0.1) is 0 Å². The van der Waals surface area contributed by atoms with Crippen molar-refractivity contribution in [1.29, 1.82) is 0 Å². The molecule has 3 rings (SSSR count). The molecule has 2 aromatic rings. The molecule has 1 aliphatic carbocycles. The summed E-state index contributed by atoms with van der Waals surface area (Å²) in [7, 11) is 0. The van der Waals surface area contributed by atoms with E-state index in [1.165, 1.54) is 18.3 Å². The molecule has 7 heteroatoms. The molecule has 23 heavy (non-hydrogen) atoms. The van der Waals surface area contributed by atoms with Gasteiger partial charge in [0.1, 0.15) is 5.69 Å². The van der Waals surface area contributed by atoms with E-state index < -0.39 is 5.91 Å². The number of amides is 2. The summed E-state index contributed by atoms with van der Waals surface area (Å²) in [6.45, 7) is 0. The van der Waals surface area contributed by atoms with Crippen LogP contribution in [0.25, 0.3) is 0 Å². The second-order valence-corrected chi connectivity index (χ2v) is 6.02. The van der Waals surface area contributed by atoms with Crippen LogP contribution in [0.15, 0.2) is 36.5 Å². The Balaban J connectivity index is 1.76. The fraction of sp³-hybridized carbons (Fsp3) is 0.188. The van der Waals surface area contributed by atoms with E-state index in [9.17, 15) is 9.59 Å². The van der Waals surface area contributed by atoms with Gasteiger partial charge in [0.25, 0.3) is 11.8 Å². The molecule has 1 aromatic heterocycles. The molecule has 1 aliphatic rings. The fourth-order valence-corrected chi connectivity index (χ4v) is 2.33. The third-order valence-electron chi connectivity index (χ3n) is 3.37. The van der Waals surface area contributed by atoms with Gasteiger partial charge in [0.2, 0.25) is 0 Å². The Hall–Kier alpha value is -2.11. The number of benzene rings is 1. The number of nitrogens with zero attached hydrogens (tertiary/aromatic N) is 1. The van der Waals surface area contributed by atoms with Gasteiger partial charge in [-0.05, 0) is 37.1 Å². The van der Waals surface area contributed by atoms with Gasteiger partial charge in [-0.25, -0.2) is 0 Å². The Morgan fingerprint density at radius 3 is 2.65 bits per heavy atom. The SMILES string of the molecule is O=C(Nc1cccc(Cl)c1Cl)c1ccnc(C(=O)NC2CC2)c1. The molecule has 0 radical (unpaired) electrons. The van der Waals surface area contributed by atoms with Crippen LogP contribution >= 0.6 is 23.2 Å². The van der Waals surface area contributed by atoms with Crippen LogP contribution in [0.4, 0.5) is 5.69 Å². The summed E-state index contributed by atoms with van der Waals surface area (Å²) in [6.07, 6.45) is 3.40. The smallest absolute Gasteiger partial charge is 0.270 e. The highest BCUT2D eigenvalue weighted by Gasteiger charge is 2.24. The number of anilines is 1. The van der Waals surface area contributed by atoms with Crippen molar-refractivity contribution in [2.75, 3.05) is 5.32 Å². The zero-order valence-corrected chi connectivity index (χ0v) is 13.5. The van der Waals surface area contributed by atoms with E-state index in [0.717, 1.165) is 12.8 Å². The van der Waals surface area contributed by atoms with Gasteiger partial charge >= 0.3 is 0 Å². The molecule has 0 saturated heterocycles. The van der Waals surface area contributed by atoms with Crippen molar-refractivity contribution in [3.05, 3.63) is 57.8 Å². The van der Waals surface area contributed by atoms with Crippen LogP contribution in [0.2, 0.25) is 10.0 Å². The highest BCUT2D eigenvalue weighted by atomic mass is 35.5. The van der Waals surface area contributed by atoms with Crippen molar-refractivity contribution in [3.8, 4) is 0 Å². The van der Waals surface area contributed by atoms with E-state index in [1.807, 2.05) is 0 Å². The lowest BCUT2D eigenvalue weighted by atomic mass is 10.2. The first-order valence-corrected chi connectivity index (χ1v) is 7.82. The topological polar surface area (TPSA) is 71.1 Å². The standard InChI is InChI=1S/C16H13Cl2N3O2/c17-11-2-1-3-12(14(11)18)21-15(22)9-6-7-19-13(8-9)16(23)20-10-4-5-10/h1-3,6-8,10H,4-5H2,(H,20,23)(H,21,22). The van der Waals surface area contributed by atoms with Gasteiger partial charge in [0, 0.05) is 17.8 Å². The molecule has 0 bridgehead atoms. The van der Waals surface area contributed by atoms with Crippen LogP contribution < -0.4 is 10.6 Å². The molecule has 118 valence electrons. The molecule has 0 atom stereocenters. The lowest BCUT2D eigenvalue weighted by Gasteiger charge is -2.09. The number of hydrogen-bond donors (Lipinski definition) is 2. The van der Waals surface area contributed by atoms with Gasteiger partial charge in [-0.15, -0.1) is 0 Å². The molecule has 1 aromatic carbocycles. The van der Waals surface area contributed by atoms with Crippen molar-refractivity contribution < 1.29 is 9.59 Å². The predicted octanol–water partition coefficient (Wildman–Crippen LogP) is 3.53. The van der Waals surface area contributed by atoms with Crippen molar-refractivity contribution in [3.63, 3.8) is 0 Å². The Labute approximate surface area is 143 Å². The highest BCUT2D eigenvalue weighted by molar-refractivity contribution is 6.44. The minimum atomic E-state index is -0.392. The Morgan fingerprint density at radius 2 is 1.91 bits per heavy atom. The Bertz CT molecular complexity index is 776. The maximum absolute atomic E-state index is 12.3. The van der Waals surface area contributed by atoms with Crippen molar-refractivity contribution in [2.45, 2.75) is 18.9 Å². The molecule has 0 aliphatic heterocycles. The van der Waals surface area contributed by atoms with Gasteiger partial charge in [-0.3, -0.25) is 14.6 Å². The average molecular weight is 350 g/mol. The van der Waals surface area contributed by atoms with E-state index in [1.54, 1.807) is 18.2 Å². The van der Waals surface area contributed by atoms with E-state index in [2.05, 4.69) is 15.6 Å². The van der Waals surface area contributed by atoms with Crippen LogP contribution in [0.1, 0.15) is 33.7 Å². The summed E-state index contributed by atoms with van der Waals surface area (Å²) in [6, 6.07) is 8.17. The predicted molar refractivity (Wildman–Crippen MR) is 89.1 cm³/mol. The summed E-state index contributed by atoms with van der Waals surface area (Å²) in [5.41, 5.74) is 0.934. The van der Waals surface area contributed by atoms with Crippen LogP contribution in [-0.2, 0) is 0 Å². The van der Waals surface area contributed by atoms with Crippen molar-refractivity contribution in [2.24, 2.45) is 0 Å². The molecule has 1 heterocycles. The minimum Gasteiger partial charge on any atom is -0.348 e. The summed E-state index contributed by atoms with van der Waals surface area (Å²) >= 11 is 12.0. The average Bonchev–Trinajstić information content (AvgIpc) is 3.36. The molecule has 5 nitrogen and oxygen atoms in total. The number of hydrogen-bond acceptors (Lipinski definition) is 3. The molecule has 2 amide bonds. The summed E-state index contributed by atoms with van der Waals surface area (Å²) in [5, 5.41) is 6.12. The third-order valence-corrected chi connectivity index (χ3v) is 4.19. The summed E-state index contributed by atoms with van der Waals surface area (Å²) in [5.74, 6) is -0.667. The second-order valence-electron chi connectivity index (χ2n) is 5.23. The van der Waals surface area contributed by atoms with E-state index in [4.69, 9.17) is 23.2 Å².